The first-order valence-corrected chi connectivity index (χ1v) is 8.21. The highest BCUT2D eigenvalue weighted by molar-refractivity contribution is 7.09. The summed E-state index contributed by atoms with van der Waals surface area (Å²) >= 11 is 1.78. The molecule has 4 nitrogen and oxygen atoms in total. The fourth-order valence-corrected chi connectivity index (χ4v) is 2.64. The van der Waals surface area contributed by atoms with Gasteiger partial charge in [0.15, 0.2) is 5.82 Å². The predicted molar refractivity (Wildman–Crippen MR) is 89.7 cm³/mol. The quantitative estimate of drug-likeness (QED) is 0.887. The molecule has 2 heterocycles. The first kappa shape index (κ1) is 15.9. The van der Waals surface area contributed by atoms with Gasteiger partial charge in [-0.3, -0.25) is 0 Å². The highest BCUT2D eigenvalue weighted by atomic mass is 32.1. The smallest absolute Gasteiger partial charge is 0.151 e. The topological polar surface area (TPSA) is 41.0 Å². The largest absolute Gasteiger partial charge is 0.350 e. The number of thiophene rings is 1. The highest BCUT2D eigenvalue weighted by Gasteiger charge is 2.11. The maximum absolute atomic E-state index is 4.37. The summed E-state index contributed by atoms with van der Waals surface area (Å²) in [5.74, 6) is 0.936. The Morgan fingerprint density at radius 2 is 2.00 bits per heavy atom. The van der Waals surface area contributed by atoms with Crippen LogP contribution < -0.4 is 10.2 Å². The van der Waals surface area contributed by atoms with Crippen LogP contribution in [0.4, 0.5) is 5.82 Å². The van der Waals surface area contributed by atoms with Crippen molar-refractivity contribution in [1.29, 1.82) is 0 Å². The van der Waals surface area contributed by atoms with Crippen LogP contribution in [0.2, 0.25) is 0 Å². The van der Waals surface area contributed by atoms with Gasteiger partial charge in [0.1, 0.15) is 0 Å². The van der Waals surface area contributed by atoms with E-state index >= 15 is 0 Å². The van der Waals surface area contributed by atoms with Gasteiger partial charge in [-0.1, -0.05) is 6.07 Å². The van der Waals surface area contributed by atoms with Crippen molar-refractivity contribution in [2.75, 3.05) is 11.4 Å². The van der Waals surface area contributed by atoms with Gasteiger partial charge in [0.2, 0.25) is 0 Å². The van der Waals surface area contributed by atoms with Crippen molar-refractivity contribution < 1.29 is 0 Å². The molecule has 2 aromatic rings. The lowest BCUT2D eigenvalue weighted by Crippen LogP contribution is -2.35. The van der Waals surface area contributed by atoms with Crippen molar-refractivity contribution in [3.05, 3.63) is 40.2 Å². The molecule has 2 rings (SSSR count). The molecule has 0 aliphatic heterocycles. The molecule has 0 aromatic carbocycles. The van der Waals surface area contributed by atoms with Gasteiger partial charge in [-0.2, -0.15) is 5.10 Å². The average Bonchev–Trinajstić information content (AvgIpc) is 2.95. The van der Waals surface area contributed by atoms with Crippen LogP contribution in [-0.4, -0.2) is 22.3 Å². The molecule has 0 radical (unpaired) electrons. The Kier molecular flexibility index (Phi) is 5.31. The molecular weight excluding hydrogens is 280 g/mol. The number of hydrogen-bond acceptors (Lipinski definition) is 5. The van der Waals surface area contributed by atoms with E-state index in [-0.39, 0.29) is 5.54 Å². The molecule has 5 heteroatoms. The van der Waals surface area contributed by atoms with Gasteiger partial charge < -0.3 is 10.2 Å². The van der Waals surface area contributed by atoms with Gasteiger partial charge >= 0.3 is 0 Å². The molecular formula is C16H24N4S. The van der Waals surface area contributed by atoms with Gasteiger partial charge in [-0.25, -0.2) is 0 Å². The lowest BCUT2D eigenvalue weighted by Gasteiger charge is -2.22. The predicted octanol–water partition coefficient (Wildman–Crippen LogP) is 3.45. The standard InChI is InChI=1S/C16H24N4S/c1-5-20(12-14-7-6-10-21-14)15-9-8-13(18-19-15)11-17-16(2,3)4/h6-10,17H,5,11-12H2,1-4H3. The summed E-state index contributed by atoms with van der Waals surface area (Å²) in [4.78, 5) is 3.58. The fraction of sp³-hybridized carbons (Fsp3) is 0.500. The van der Waals surface area contributed by atoms with E-state index in [0.29, 0.717) is 0 Å². The number of aromatic nitrogens is 2. The van der Waals surface area contributed by atoms with Crippen molar-refractivity contribution in [3.63, 3.8) is 0 Å². The lowest BCUT2D eigenvalue weighted by molar-refractivity contribution is 0.420. The molecule has 0 spiro atoms. The van der Waals surface area contributed by atoms with Crippen LogP contribution in [0.1, 0.15) is 38.3 Å². The van der Waals surface area contributed by atoms with Crippen LogP contribution >= 0.6 is 11.3 Å². The van der Waals surface area contributed by atoms with Gasteiger partial charge in [0.05, 0.1) is 12.2 Å². The van der Waals surface area contributed by atoms with E-state index in [1.54, 1.807) is 11.3 Å². The second-order valence-electron chi connectivity index (χ2n) is 6.08. The van der Waals surface area contributed by atoms with E-state index in [2.05, 4.69) is 77.8 Å². The summed E-state index contributed by atoms with van der Waals surface area (Å²) in [5.41, 5.74) is 1.07. The van der Waals surface area contributed by atoms with E-state index in [4.69, 9.17) is 0 Å². The van der Waals surface area contributed by atoms with Crippen molar-refractivity contribution >= 4 is 17.2 Å². The van der Waals surface area contributed by atoms with Crippen molar-refractivity contribution in [2.24, 2.45) is 0 Å². The summed E-state index contributed by atoms with van der Waals surface area (Å²) in [5, 5.41) is 14.2. The minimum absolute atomic E-state index is 0.0922. The average molecular weight is 304 g/mol. The third-order valence-corrected chi connectivity index (χ3v) is 4.00. The minimum Gasteiger partial charge on any atom is -0.350 e. The van der Waals surface area contributed by atoms with Gasteiger partial charge in [-0.15, -0.1) is 16.4 Å². The molecule has 0 saturated heterocycles. The monoisotopic (exact) mass is 304 g/mol. The Morgan fingerprint density at radius 1 is 1.19 bits per heavy atom. The summed E-state index contributed by atoms with van der Waals surface area (Å²) in [6.45, 7) is 11.1. The summed E-state index contributed by atoms with van der Waals surface area (Å²) < 4.78 is 0. The van der Waals surface area contributed by atoms with Crippen molar-refractivity contribution in [2.45, 2.75) is 46.3 Å². The van der Waals surface area contributed by atoms with Crippen LogP contribution in [0.5, 0.6) is 0 Å². The zero-order valence-electron chi connectivity index (χ0n) is 13.3. The summed E-state index contributed by atoms with van der Waals surface area (Å²) in [6, 6.07) is 8.35. The van der Waals surface area contributed by atoms with Crippen molar-refractivity contribution in [1.82, 2.24) is 15.5 Å². The zero-order valence-corrected chi connectivity index (χ0v) is 14.1. The second-order valence-corrected chi connectivity index (χ2v) is 7.11. The molecule has 21 heavy (non-hydrogen) atoms. The molecule has 2 aromatic heterocycles. The molecule has 0 fully saturated rings. The van der Waals surface area contributed by atoms with E-state index < -0.39 is 0 Å². The van der Waals surface area contributed by atoms with Crippen LogP contribution in [0, 0.1) is 0 Å². The van der Waals surface area contributed by atoms with E-state index in [9.17, 15) is 0 Å². The molecule has 0 bridgehead atoms. The van der Waals surface area contributed by atoms with Gasteiger partial charge in [-0.05, 0) is 51.3 Å². The van der Waals surface area contributed by atoms with Crippen LogP contribution in [-0.2, 0) is 13.1 Å². The second kappa shape index (κ2) is 7.00. The van der Waals surface area contributed by atoms with Crippen molar-refractivity contribution in [3.8, 4) is 0 Å². The van der Waals surface area contributed by atoms with Crippen LogP contribution in [0.15, 0.2) is 29.6 Å². The molecule has 0 amide bonds. The number of hydrogen-bond donors (Lipinski definition) is 1. The van der Waals surface area contributed by atoms with E-state index in [0.717, 1.165) is 31.1 Å². The number of nitrogens with zero attached hydrogens (tertiary/aromatic N) is 3. The summed E-state index contributed by atoms with van der Waals surface area (Å²) in [6.07, 6.45) is 0. The Morgan fingerprint density at radius 3 is 2.52 bits per heavy atom. The number of nitrogens with one attached hydrogen (secondary N) is 1. The number of rotatable bonds is 6. The van der Waals surface area contributed by atoms with Gasteiger partial charge in [0, 0.05) is 23.5 Å². The Bertz CT molecular complexity index is 528. The normalized spacial score (nSPS) is 11.6. The molecule has 0 atom stereocenters. The number of anilines is 1. The Hall–Kier alpha value is -1.46. The first-order chi connectivity index (χ1) is 9.98. The van der Waals surface area contributed by atoms with E-state index in [1.807, 2.05) is 0 Å². The zero-order chi connectivity index (χ0) is 15.3. The maximum Gasteiger partial charge on any atom is 0.151 e. The molecule has 0 aliphatic carbocycles. The first-order valence-electron chi connectivity index (χ1n) is 7.33. The van der Waals surface area contributed by atoms with Gasteiger partial charge in [0.25, 0.3) is 0 Å². The summed E-state index contributed by atoms with van der Waals surface area (Å²) in [7, 11) is 0. The third-order valence-electron chi connectivity index (χ3n) is 3.14. The fourth-order valence-electron chi connectivity index (χ4n) is 1.92. The highest BCUT2D eigenvalue weighted by Crippen LogP contribution is 2.17. The molecule has 114 valence electrons. The molecule has 0 unspecified atom stereocenters. The maximum atomic E-state index is 4.37. The molecule has 0 saturated carbocycles. The third kappa shape index (κ3) is 5.10. The lowest BCUT2D eigenvalue weighted by atomic mass is 10.1. The minimum atomic E-state index is 0.0922. The molecule has 1 N–H and O–H groups in total. The SMILES string of the molecule is CCN(Cc1cccs1)c1ccc(CNC(C)(C)C)nn1. The molecule has 0 aliphatic rings. The Labute approximate surface area is 131 Å². The van der Waals surface area contributed by atoms with Crippen LogP contribution in [0.3, 0.4) is 0 Å². The van der Waals surface area contributed by atoms with Crippen LogP contribution in [0.25, 0.3) is 0 Å². The van der Waals surface area contributed by atoms with E-state index in [1.165, 1.54) is 4.88 Å². The Balaban J connectivity index is 1.99.